The number of carbonyl (C=O) groups excluding carboxylic acids is 1. The van der Waals surface area contributed by atoms with Gasteiger partial charge < -0.3 is 10.1 Å². The van der Waals surface area contributed by atoms with Gasteiger partial charge in [-0.1, -0.05) is 30.3 Å². The van der Waals surface area contributed by atoms with Gasteiger partial charge >= 0.3 is 0 Å². The molecule has 17 heavy (non-hydrogen) atoms. The van der Waals surface area contributed by atoms with Crippen molar-refractivity contribution in [2.75, 3.05) is 13.2 Å². The first kappa shape index (κ1) is 12.1. The second-order valence-corrected chi connectivity index (χ2v) is 4.51. The second kappa shape index (κ2) is 5.82. The van der Waals surface area contributed by atoms with Crippen molar-refractivity contribution >= 4 is 5.91 Å². The molecule has 1 aromatic carbocycles. The first-order chi connectivity index (χ1) is 8.27. The summed E-state index contributed by atoms with van der Waals surface area (Å²) in [6.07, 6.45) is 2.37. The van der Waals surface area contributed by atoms with Crippen LogP contribution in [-0.2, 0) is 9.53 Å². The van der Waals surface area contributed by atoms with Gasteiger partial charge in [-0.2, -0.15) is 0 Å². The Morgan fingerprint density at radius 2 is 2.24 bits per heavy atom. The van der Waals surface area contributed by atoms with E-state index in [0.717, 1.165) is 25.0 Å². The zero-order valence-corrected chi connectivity index (χ0v) is 10.2. The van der Waals surface area contributed by atoms with Crippen molar-refractivity contribution in [3.8, 4) is 0 Å². The van der Waals surface area contributed by atoms with Gasteiger partial charge in [0.1, 0.15) is 0 Å². The predicted octanol–water partition coefficient (Wildman–Crippen LogP) is 2.09. The highest BCUT2D eigenvalue weighted by atomic mass is 16.5. The summed E-state index contributed by atoms with van der Waals surface area (Å²) in [6.45, 7) is 3.39. The van der Waals surface area contributed by atoms with E-state index in [1.807, 2.05) is 37.3 Å². The number of ether oxygens (including phenoxy) is 1. The van der Waals surface area contributed by atoms with Crippen LogP contribution in [-0.4, -0.2) is 25.2 Å². The van der Waals surface area contributed by atoms with E-state index in [1.165, 1.54) is 0 Å². The Kier molecular flexibility index (Phi) is 4.15. The van der Waals surface area contributed by atoms with Gasteiger partial charge in [0.15, 0.2) is 0 Å². The fourth-order valence-electron chi connectivity index (χ4n) is 2.07. The van der Waals surface area contributed by atoms with E-state index in [-0.39, 0.29) is 17.9 Å². The molecule has 1 aliphatic heterocycles. The Bertz CT molecular complexity index is 358. The molecule has 3 heteroatoms. The van der Waals surface area contributed by atoms with Gasteiger partial charge in [-0.3, -0.25) is 4.79 Å². The third-order valence-corrected chi connectivity index (χ3v) is 3.22. The molecule has 2 rings (SSSR count). The highest BCUT2D eigenvalue weighted by molar-refractivity contribution is 5.83. The van der Waals surface area contributed by atoms with Crippen LogP contribution in [0.3, 0.4) is 0 Å². The van der Waals surface area contributed by atoms with E-state index < -0.39 is 0 Å². The summed E-state index contributed by atoms with van der Waals surface area (Å²) >= 11 is 0. The lowest BCUT2D eigenvalue weighted by Gasteiger charge is -2.15. The van der Waals surface area contributed by atoms with Crippen LogP contribution in [0, 0.1) is 0 Å². The largest absolute Gasteiger partial charge is 0.376 e. The number of hydrogen-bond acceptors (Lipinski definition) is 2. The standard InChI is InChI=1S/C14H19NO2/c1-11(12-6-3-2-4-7-12)14(16)15-10-13-8-5-9-17-13/h2-4,6-7,11,13H,5,8-10H2,1H3,(H,15,16)/t11-,13-/m1/s1. The number of hydrogen-bond donors (Lipinski definition) is 1. The van der Waals surface area contributed by atoms with Crippen LogP contribution in [0.2, 0.25) is 0 Å². The highest BCUT2D eigenvalue weighted by Gasteiger charge is 2.19. The summed E-state index contributed by atoms with van der Waals surface area (Å²) < 4.78 is 5.47. The fourth-order valence-corrected chi connectivity index (χ4v) is 2.07. The molecule has 0 saturated carbocycles. The van der Waals surface area contributed by atoms with Gasteiger partial charge in [0.05, 0.1) is 12.0 Å². The van der Waals surface area contributed by atoms with Gasteiger partial charge in [-0.25, -0.2) is 0 Å². The topological polar surface area (TPSA) is 38.3 Å². The van der Waals surface area contributed by atoms with Crippen molar-refractivity contribution < 1.29 is 9.53 Å². The van der Waals surface area contributed by atoms with Crippen molar-refractivity contribution in [1.29, 1.82) is 0 Å². The Morgan fingerprint density at radius 3 is 2.88 bits per heavy atom. The lowest BCUT2D eigenvalue weighted by atomic mass is 10.0. The molecule has 1 heterocycles. The summed E-state index contributed by atoms with van der Waals surface area (Å²) in [5.74, 6) is -0.0238. The summed E-state index contributed by atoms with van der Waals surface area (Å²) in [7, 11) is 0. The van der Waals surface area contributed by atoms with Gasteiger partial charge in [0, 0.05) is 13.2 Å². The van der Waals surface area contributed by atoms with Gasteiger partial charge in [0.25, 0.3) is 0 Å². The molecule has 0 spiro atoms. The Balaban J connectivity index is 1.83. The lowest BCUT2D eigenvalue weighted by Crippen LogP contribution is -2.34. The smallest absolute Gasteiger partial charge is 0.227 e. The second-order valence-electron chi connectivity index (χ2n) is 4.51. The molecule has 3 nitrogen and oxygen atoms in total. The van der Waals surface area contributed by atoms with E-state index >= 15 is 0 Å². The molecule has 2 atom stereocenters. The SMILES string of the molecule is C[C@@H](C(=O)NC[C@H]1CCCO1)c1ccccc1. The molecule has 0 radical (unpaired) electrons. The quantitative estimate of drug-likeness (QED) is 0.864. The van der Waals surface area contributed by atoms with E-state index in [2.05, 4.69) is 5.32 Å². The monoisotopic (exact) mass is 233 g/mol. The maximum absolute atomic E-state index is 11.9. The first-order valence-electron chi connectivity index (χ1n) is 6.21. The number of benzene rings is 1. The molecule has 1 saturated heterocycles. The molecular formula is C14H19NO2. The van der Waals surface area contributed by atoms with Crippen molar-refractivity contribution in [1.82, 2.24) is 5.32 Å². The maximum Gasteiger partial charge on any atom is 0.227 e. The summed E-state index contributed by atoms with van der Waals surface area (Å²) in [5, 5.41) is 2.96. The van der Waals surface area contributed by atoms with Crippen LogP contribution in [0.4, 0.5) is 0 Å². The van der Waals surface area contributed by atoms with Crippen molar-refractivity contribution in [3.05, 3.63) is 35.9 Å². The minimum Gasteiger partial charge on any atom is -0.376 e. The van der Waals surface area contributed by atoms with Crippen molar-refractivity contribution in [3.63, 3.8) is 0 Å². The van der Waals surface area contributed by atoms with Crippen molar-refractivity contribution in [2.45, 2.75) is 31.8 Å². The molecule has 1 N–H and O–H groups in total. The lowest BCUT2D eigenvalue weighted by molar-refractivity contribution is -0.122. The molecule has 1 amide bonds. The Hall–Kier alpha value is -1.35. The van der Waals surface area contributed by atoms with Crippen LogP contribution >= 0.6 is 0 Å². The number of nitrogens with one attached hydrogen (secondary N) is 1. The van der Waals surface area contributed by atoms with Crippen LogP contribution < -0.4 is 5.32 Å². The molecule has 0 bridgehead atoms. The molecule has 1 aromatic rings. The average molecular weight is 233 g/mol. The number of rotatable bonds is 4. The third-order valence-electron chi connectivity index (χ3n) is 3.22. The molecule has 1 aliphatic rings. The van der Waals surface area contributed by atoms with E-state index in [0.29, 0.717) is 6.54 Å². The van der Waals surface area contributed by atoms with Crippen LogP contribution in [0.25, 0.3) is 0 Å². The molecule has 1 fully saturated rings. The Labute approximate surface area is 102 Å². The Morgan fingerprint density at radius 1 is 1.47 bits per heavy atom. The summed E-state index contributed by atoms with van der Waals surface area (Å²) in [6, 6.07) is 9.84. The van der Waals surface area contributed by atoms with Gasteiger partial charge in [-0.15, -0.1) is 0 Å². The van der Waals surface area contributed by atoms with Gasteiger partial charge in [-0.05, 0) is 25.3 Å². The zero-order valence-electron chi connectivity index (χ0n) is 10.2. The van der Waals surface area contributed by atoms with Crippen LogP contribution in [0.5, 0.6) is 0 Å². The predicted molar refractivity (Wildman–Crippen MR) is 66.8 cm³/mol. The minimum atomic E-state index is -0.0994. The van der Waals surface area contributed by atoms with Crippen molar-refractivity contribution in [2.24, 2.45) is 0 Å². The maximum atomic E-state index is 11.9. The van der Waals surface area contributed by atoms with E-state index in [1.54, 1.807) is 0 Å². The van der Waals surface area contributed by atoms with Crippen LogP contribution in [0.15, 0.2) is 30.3 Å². The normalized spacial score (nSPS) is 21.1. The average Bonchev–Trinajstić information content (AvgIpc) is 2.89. The third kappa shape index (κ3) is 3.30. The van der Waals surface area contributed by atoms with Crippen LogP contribution in [0.1, 0.15) is 31.2 Å². The molecule has 0 unspecified atom stereocenters. The molecule has 0 aliphatic carbocycles. The number of carbonyl (C=O) groups is 1. The van der Waals surface area contributed by atoms with E-state index in [9.17, 15) is 4.79 Å². The zero-order chi connectivity index (χ0) is 12.1. The molecular weight excluding hydrogens is 214 g/mol. The summed E-state index contributed by atoms with van der Waals surface area (Å²) in [5.41, 5.74) is 1.05. The first-order valence-corrected chi connectivity index (χ1v) is 6.21. The number of amides is 1. The minimum absolute atomic E-state index is 0.0756. The fraction of sp³-hybridized carbons (Fsp3) is 0.500. The highest BCUT2D eigenvalue weighted by Crippen LogP contribution is 2.15. The van der Waals surface area contributed by atoms with E-state index in [4.69, 9.17) is 4.74 Å². The molecule has 0 aromatic heterocycles. The summed E-state index contributed by atoms with van der Waals surface area (Å²) in [4.78, 5) is 11.9. The molecule has 92 valence electrons. The van der Waals surface area contributed by atoms with Gasteiger partial charge in [0.2, 0.25) is 5.91 Å².